The van der Waals surface area contributed by atoms with E-state index in [9.17, 15) is 9.59 Å². The molecule has 8 nitrogen and oxygen atoms in total. The topological polar surface area (TPSA) is 83.4 Å². The summed E-state index contributed by atoms with van der Waals surface area (Å²) in [4.78, 5) is 31.6. The highest BCUT2D eigenvalue weighted by molar-refractivity contribution is 6.06. The maximum Gasteiger partial charge on any atom is 0.325 e. The molecule has 1 saturated heterocycles. The minimum atomic E-state index is -0.821. The molecule has 1 atom stereocenters. The summed E-state index contributed by atoms with van der Waals surface area (Å²) in [7, 11) is 1.99. The van der Waals surface area contributed by atoms with Crippen molar-refractivity contribution >= 4 is 11.9 Å². The Hall–Kier alpha value is -2.74. The Morgan fingerprint density at radius 1 is 1.23 bits per heavy atom. The third kappa shape index (κ3) is 3.45. The standard InChI is InChI=1S/C18H24N6O2/c1-13(14-5-7-15(8-6-14)24-12-19-11-20-24)22(4)9-10-23-16(25)18(2,3)21-17(23)26/h5-8,11-13H,9-10H2,1-4H3,(H,21,26). The minimum absolute atomic E-state index is 0.147. The number of hydrogen-bond donors (Lipinski definition) is 1. The van der Waals surface area contributed by atoms with Crippen molar-refractivity contribution in [2.45, 2.75) is 32.4 Å². The van der Waals surface area contributed by atoms with Crippen molar-refractivity contribution in [3.05, 3.63) is 42.5 Å². The number of nitrogens with one attached hydrogen (secondary N) is 1. The lowest BCUT2D eigenvalue weighted by atomic mass is 10.1. The van der Waals surface area contributed by atoms with Crippen molar-refractivity contribution in [1.29, 1.82) is 0 Å². The fraction of sp³-hybridized carbons (Fsp3) is 0.444. The van der Waals surface area contributed by atoms with Crippen molar-refractivity contribution < 1.29 is 9.59 Å². The number of amides is 3. The molecular weight excluding hydrogens is 332 g/mol. The molecule has 8 heteroatoms. The molecule has 0 bridgehead atoms. The summed E-state index contributed by atoms with van der Waals surface area (Å²) in [6.07, 6.45) is 3.16. The maximum absolute atomic E-state index is 12.3. The maximum atomic E-state index is 12.3. The summed E-state index contributed by atoms with van der Waals surface area (Å²) >= 11 is 0. The lowest BCUT2D eigenvalue weighted by Gasteiger charge is -2.27. The van der Waals surface area contributed by atoms with Gasteiger partial charge in [0.25, 0.3) is 5.91 Å². The Morgan fingerprint density at radius 3 is 2.46 bits per heavy atom. The Bertz CT molecular complexity index is 785. The number of carbonyl (C=O) groups is 2. The Labute approximate surface area is 152 Å². The number of carbonyl (C=O) groups excluding carboxylic acids is 2. The molecule has 0 saturated carbocycles. The Kier molecular flexibility index (Phi) is 4.78. The lowest BCUT2D eigenvalue weighted by Crippen LogP contribution is -2.41. The fourth-order valence-corrected chi connectivity index (χ4v) is 2.97. The summed E-state index contributed by atoms with van der Waals surface area (Å²) < 4.78 is 1.71. The van der Waals surface area contributed by atoms with Gasteiger partial charge >= 0.3 is 6.03 Å². The second-order valence-corrected chi connectivity index (χ2v) is 7.10. The molecule has 0 radical (unpaired) electrons. The normalized spacial score (nSPS) is 17.7. The van der Waals surface area contributed by atoms with Crippen LogP contribution in [0.15, 0.2) is 36.9 Å². The quantitative estimate of drug-likeness (QED) is 0.795. The monoisotopic (exact) mass is 356 g/mol. The predicted molar refractivity (Wildman–Crippen MR) is 96.7 cm³/mol. The van der Waals surface area contributed by atoms with Gasteiger partial charge in [0.05, 0.1) is 5.69 Å². The van der Waals surface area contributed by atoms with Gasteiger partial charge in [-0.05, 0) is 45.5 Å². The van der Waals surface area contributed by atoms with Crippen LogP contribution in [-0.2, 0) is 4.79 Å². The molecule has 1 fully saturated rings. The number of benzene rings is 1. The first-order valence-electron chi connectivity index (χ1n) is 8.59. The SMILES string of the molecule is CC(c1ccc(-n2cncn2)cc1)N(C)CCN1C(=O)NC(C)(C)C1=O. The summed E-state index contributed by atoms with van der Waals surface area (Å²) in [6.45, 7) is 6.50. The van der Waals surface area contributed by atoms with Crippen LogP contribution in [0.4, 0.5) is 4.79 Å². The zero-order valence-corrected chi connectivity index (χ0v) is 15.5. The van der Waals surface area contributed by atoms with Crippen molar-refractivity contribution in [2.75, 3.05) is 20.1 Å². The number of urea groups is 1. The van der Waals surface area contributed by atoms with Crippen LogP contribution in [0.5, 0.6) is 0 Å². The van der Waals surface area contributed by atoms with Gasteiger partial charge in [-0.15, -0.1) is 0 Å². The minimum Gasteiger partial charge on any atom is -0.324 e. The lowest BCUT2D eigenvalue weighted by molar-refractivity contribution is -0.130. The first kappa shape index (κ1) is 18.1. The van der Waals surface area contributed by atoms with Crippen LogP contribution in [0.3, 0.4) is 0 Å². The molecular formula is C18H24N6O2. The molecule has 3 amide bonds. The molecule has 138 valence electrons. The highest BCUT2D eigenvalue weighted by Gasteiger charge is 2.43. The third-order valence-electron chi connectivity index (χ3n) is 4.84. The number of nitrogens with zero attached hydrogens (tertiary/aromatic N) is 5. The number of imide groups is 1. The molecule has 1 unspecified atom stereocenters. The van der Waals surface area contributed by atoms with Gasteiger partial charge in [-0.1, -0.05) is 12.1 Å². The highest BCUT2D eigenvalue weighted by Crippen LogP contribution is 2.21. The van der Waals surface area contributed by atoms with Crippen LogP contribution in [0.2, 0.25) is 0 Å². The van der Waals surface area contributed by atoms with E-state index in [4.69, 9.17) is 0 Å². The smallest absolute Gasteiger partial charge is 0.324 e. The van der Waals surface area contributed by atoms with Crippen LogP contribution >= 0.6 is 0 Å². The van der Waals surface area contributed by atoms with Gasteiger partial charge in [0.15, 0.2) is 0 Å². The summed E-state index contributed by atoms with van der Waals surface area (Å²) in [5.74, 6) is -0.180. The number of rotatable bonds is 6. The molecule has 2 aromatic rings. The molecule has 3 rings (SSSR count). The van der Waals surface area contributed by atoms with E-state index in [1.807, 2.05) is 19.2 Å². The molecule has 1 N–H and O–H groups in total. The molecule has 0 spiro atoms. The summed E-state index contributed by atoms with van der Waals surface area (Å²) in [6, 6.07) is 7.92. The molecule has 2 heterocycles. The number of aromatic nitrogens is 3. The van der Waals surface area contributed by atoms with Gasteiger partial charge in [0.1, 0.15) is 18.2 Å². The molecule has 1 aromatic heterocycles. The second-order valence-electron chi connectivity index (χ2n) is 7.10. The van der Waals surface area contributed by atoms with E-state index in [0.29, 0.717) is 13.1 Å². The van der Waals surface area contributed by atoms with E-state index in [2.05, 4.69) is 39.4 Å². The zero-order chi connectivity index (χ0) is 18.9. The van der Waals surface area contributed by atoms with E-state index < -0.39 is 5.54 Å². The first-order chi connectivity index (χ1) is 12.3. The molecule has 26 heavy (non-hydrogen) atoms. The zero-order valence-electron chi connectivity index (χ0n) is 15.5. The van der Waals surface area contributed by atoms with Crippen LogP contribution in [0.25, 0.3) is 5.69 Å². The van der Waals surface area contributed by atoms with E-state index in [-0.39, 0.29) is 18.0 Å². The molecule has 1 aromatic carbocycles. The summed E-state index contributed by atoms with van der Waals surface area (Å²) in [5, 5.41) is 6.82. The highest BCUT2D eigenvalue weighted by atomic mass is 16.2. The van der Waals surface area contributed by atoms with Gasteiger partial charge in [0, 0.05) is 19.1 Å². The van der Waals surface area contributed by atoms with Gasteiger partial charge in [-0.3, -0.25) is 14.6 Å². The van der Waals surface area contributed by atoms with Crippen LogP contribution in [-0.4, -0.2) is 62.2 Å². The van der Waals surface area contributed by atoms with Crippen molar-refractivity contribution in [2.24, 2.45) is 0 Å². The van der Waals surface area contributed by atoms with E-state index >= 15 is 0 Å². The number of hydrogen-bond acceptors (Lipinski definition) is 5. The fourth-order valence-electron chi connectivity index (χ4n) is 2.97. The Morgan fingerprint density at radius 2 is 1.92 bits per heavy atom. The van der Waals surface area contributed by atoms with Crippen molar-refractivity contribution in [3.63, 3.8) is 0 Å². The summed E-state index contributed by atoms with van der Waals surface area (Å²) in [5.41, 5.74) is 1.27. The molecule has 1 aliphatic rings. The van der Waals surface area contributed by atoms with Crippen LogP contribution in [0.1, 0.15) is 32.4 Å². The van der Waals surface area contributed by atoms with Crippen LogP contribution in [0, 0.1) is 0 Å². The first-order valence-corrected chi connectivity index (χ1v) is 8.59. The van der Waals surface area contributed by atoms with Gasteiger partial charge < -0.3 is 5.32 Å². The number of likely N-dealkylation sites (N-methyl/N-ethyl adjacent to an activating group) is 1. The van der Waals surface area contributed by atoms with Crippen molar-refractivity contribution in [3.8, 4) is 5.69 Å². The molecule has 1 aliphatic heterocycles. The average molecular weight is 356 g/mol. The Balaban J connectivity index is 1.60. The van der Waals surface area contributed by atoms with Gasteiger partial charge in [-0.25, -0.2) is 14.5 Å². The van der Waals surface area contributed by atoms with Gasteiger partial charge in [-0.2, -0.15) is 5.10 Å². The third-order valence-corrected chi connectivity index (χ3v) is 4.84. The second kappa shape index (κ2) is 6.87. The average Bonchev–Trinajstić information content (AvgIpc) is 3.20. The predicted octanol–water partition coefficient (Wildman–Crippen LogP) is 1.59. The molecule has 0 aliphatic carbocycles. The van der Waals surface area contributed by atoms with E-state index in [1.165, 1.54) is 11.2 Å². The van der Waals surface area contributed by atoms with Crippen molar-refractivity contribution in [1.82, 2.24) is 29.9 Å². The van der Waals surface area contributed by atoms with Crippen LogP contribution < -0.4 is 5.32 Å². The largest absolute Gasteiger partial charge is 0.325 e. The van der Waals surface area contributed by atoms with E-state index in [1.54, 1.807) is 24.9 Å². The van der Waals surface area contributed by atoms with Gasteiger partial charge in [0.2, 0.25) is 0 Å². The van der Waals surface area contributed by atoms with E-state index in [0.717, 1.165) is 11.3 Å².